The predicted octanol–water partition coefficient (Wildman–Crippen LogP) is 4.54. The normalized spacial score (nSPS) is 9.67. The zero-order valence-electron chi connectivity index (χ0n) is 12.5. The van der Waals surface area contributed by atoms with Gasteiger partial charge in [0.1, 0.15) is 0 Å². The van der Waals surface area contributed by atoms with Crippen LogP contribution >= 0.6 is 0 Å². The molecule has 0 radical (unpaired) electrons. The van der Waals surface area contributed by atoms with Crippen LogP contribution in [0.1, 0.15) is 5.56 Å². The third-order valence-electron chi connectivity index (χ3n) is 3.00. The van der Waals surface area contributed by atoms with Crippen molar-refractivity contribution in [3.8, 4) is 11.1 Å². The second-order valence-electron chi connectivity index (χ2n) is 5.07. The summed E-state index contributed by atoms with van der Waals surface area (Å²) >= 11 is 0. The van der Waals surface area contributed by atoms with Crippen LogP contribution in [0.25, 0.3) is 11.1 Å². The van der Waals surface area contributed by atoms with Gasteiger partial charge in [-0.15, -0.1) is 11.6 Å². The molecule has 0 aromatic heterocycles. The summed E-state index contributed by atoms with van der Waals surface area (Å²) in [6.07, 6.45) is 0. The molecule has 0 fully saturated rings. The van der Waals surface area contributed by atoms with Crippen molar-refractivity contribution in [2.24, 2.45) is 0 Å². The van der Waals surface area contributed by atoms with Crippen LogP contribution in [0, 0.1) is 0 Å². The van der Waals surface area contributed by atoms with Crippen molar-refractivity contribution >= 4 is 0 Å². The maximum Gasteiger partial charge on any atom is 2.00 e. The first-order valence-corrected chi connectivity index (χ1v) is 6.88. The second-order valence-corrected chi connectivity index (χ2v) is 5.07. The van der Waals surface area contributed by atoms with Crippen LogP contribution in [0.15, 0.2) is 78.9 Å². The molecule has 0 aliphatic carbocycles. The Hall–Kier alpha value is -1.60. The van der Waals surface area contributed by atoms with Gasteiger partial charge in [-0.2, -0.15) is 41.5 Å². The molecule has 2 heteroatoms. The van der Waals surface area contributed by atoms with Crippen LogP contribution in [0.5, 0.6) is 0 Å². The van der Waals surface area contributed by atoms with Gasteiger partial charge in [0, 0.05) is 0 Å². The van der Waals surface area contributed by atoms with Gasteiger partial charge in [0.05, 0.1) is 0 Å². The van der Waals surface area contributed by atoms with Gasteiger partial charge in [-0.25, -0.2) is 12.1 Å². The second kappa shape index (κ2) is 9.36. The molecular formula is C19H21FeN. The van der Waals surface area contributed by atoms with Crippen molar-refractivity contribution in [2.45, 2.75) is 6.54 Å². The Morgan fingerprint density at radius 2 is 1.48 bits per heavy atom. The van der Waals surface area contributed by atoms with Gasteiger partial charge in [-0.05, 0) is 20.6 Å². The van der Waals surface area contributed by atoms with Gasteiger partial charge in [0.25, 0.3) is 0 Å². The first-order chi connectivity index (χ1) is 9.75. The fourth-order valence-electron chi connectivity index (χ4n) is 2.08. The number of rotatable bonds is 3. The van der Waals surface area contributed by atoms with Gasteiger partial charge in [-0.3, -0.25) is 0 Å². The van der Waals surface area contributed by atoms with Crippen LogP contribution in [0.2, 0.25) is 0 Å². The maximum absolute atomic E-state index is 2.16. The topological polar surface area (TPSA) is 3.24 Å². The van der Waals surface area contributed by atoms with E-state index < -0.39 is 0 Å². The molecule has 0 aliphatic heterocycles. The van der Waals surface area contributed by atoms with E-state index in [2.05, 4.69) is 91.8 Å². The molecule has 0 aliphatic rings. The molecular weight excluding hydrogens is 298 g/mol. The van der Waals surface area contributed by atoms with Crippen molar-refractivity contribution in [3.05, 3.63) is 84.4 Å². The van der Waals surface area contributed by atoms with E-state index in [9.17, 15) is 0 Å². The standard InChI is InChI=1S/C11H9.C8H12N.Fe/c1-2-6-10(7-3-1)11-8-4-5-9-11;1-9(2)7-8-5-3-4-6-8;/h1-9H;3-6H,7H2,1-2H3;/q2*-1;+2. The summed E-state index contributed by atoms with van der Waals surface area (Å²) < 4.78 is 0. The molecule has 0 unspecified atom stereocenters. The molecule has 3 rings (SSSR count). The summed E-state index contributed by atoms with van der Waals surface area (Å²) in [5.41, 5.74) is 3.98. The summed E-state index contributed by atoms with van der Waals surface area (Å²) in [5.74, 6) is 0. The first kappa shape index (κ1) is 17.5. The quantitative estimate of drug-likeness (QED) is 0.506. The van der Waals surface area contributed by atoms with Gasteiger partial charge in [0.2, 0.25) is 0 Å². The van der Waals surface area contributed by atoms with Gasteiger partial charge in [-0.1, -0.05) is 30.3 Å². The average molecular weight is 319 g/mol. The van der Waals surface area contributed by atoms with Crippen LogP contribution in [-0.4, -0.2) is 19.0 Å². The van der Waals surface area contributed by atoms with Crippen molar-refractivity contribution in [1.29, 1.82) is 0 Å². The smallest absolute Gasteiger partial charge is 0.307 e. The SMILES string of the molecule is CN(C)Cc1ccc[cH-]1.[Fe+2].c1ccc(-c2ccc[cH-]2)cc1. The van der Waals surface area contributed by atoms with Crippen LogP contribution < -0.4 is 0 Å². The Bertz CT molecular complexity index is 565. The van der Waals surface area contributed by atoms with E-state index in [1.807, 2.05) is 6.07 Å². The molecule has 0 atom stereocenters. The van der Waals surface area contributed by atoms with Gasteiger partial charge >= 0.3 is 17.1 Å². The van der Waals surface area contributed by atoms with Crippen molar-refractivity contribution in [3.63, 3.8) is 0 Å². The minimum atomic E-state index is 0. The van der Waals surface area contributed by atoms with Crippen LogP contribution in [0.3, 0.4) is 0 Å². The molecule has 0 heterocycles. The Morgan fingerprint density at radius 1 is 0.810 bits per heavy atom. The molecule has 0 amide bonds. The summed E-state index contributed by atoms with van der Waals surface area (Å²) in [6, 6.07) is 27.2. The Morgan fingerprint density at radius 3 is 2.00 bits per heavy atom. The maximum atomic E-state index is 2.16. The van der Waals surface area contributed by atoms with Crippen molar-refractivity contribution < 1.29 is 17.1 Å². The minimum Gasteiger partial charge on any atom is -0.307 e. The molecule has 21 heavy (non-hydrogen) atoms. The van der Waals surface area contributed by atoms with Crippen LogP contribution in [-0.2, 0) is 23.6 Å². The van der Waals surface area contributed by atoms with E-state index in [1.165, 1.54) is 16.7 Å². The summed E-state index contributed by atoms with van der Waals surface area (Å²) in [7, 11) is 4.15. The molecule has 0 spiro atoms. The van der Waals surface area contributed by atoms with E-state index in [1.54, 1.807) is 0 Å². The average Bonchev–Trinajstić information content (AvgIpc) is 3.12. The Labute approximate surface area is 138 Å². The predicted molar refractivity (Wildman–Crippen MR) is 86.9 cm³/mol. The van der Waals surface area contributed by atoms with E-state index >= 15 is 0 Å². The van der Waals surface area contributed by atoms with E-state index in [0.29, 0.717) is 0 Å². The van der Waals surface area contributed by atoms with Gasteiger partial charge in [0.15, 0.2) is 0 Å². The Balaban J connectivity index is 0.000000205. The first-order valence-electron chi connectivity index (χ1n) is 6.88. The van der Waals surface area contributed by atoms with E-state index in [4.69, 9.17) is 0 Å². The molecule has 3 aromatic rings. The molecule has 0 N–H and O–H groups in total. The molecule has 3 aromatic carbocycles. The van der Waals surface area contributed by atoms with E-state index in [-0.39, 0.29) is 17.1 Å². The molecule has 110 valence electrons. The fraction of sp³-hybridized carbons (Fsp3) is 0.158. The Kier molecular flexibility index (Phi) is 7.78. The van der Waals surface area contributed by atoms with Crippen molar-refractivity contribution in [1.82, 2.24) is 4.90 Å². The summed E-state index contributed by atoms with van der Waals surface area (Å²) in [6.45, 7) is 1.05. The molecule has 0 saturated heterocycles. The molecule has 0 saturated carbocycles. The molecule has 1 nitrogen and oxygen atoms in total. The van der Waals surface area contributed by atoms with Gasteiger partial charge < -0.3 is 4.90 Å². The summed E-state index contributed by atoms with van der Waals surface area (Å²) in [4.78, 5) is 2.16. The van der Waals surface area contributed by atoms with E-state index in [0.717, 1.165) is 6.54 Å². The summed E-state index contributed by atoms with van der Waals surface area (Å²) in [5, 5.41) is 0. The number of hydrogen-bond donors (Lipinski definition) is 0. The monoisotopic (exact) mass is 319 g/mol. The minimum absolute atomic E-state index is 0. The zero-order valence-corrected chi connectivity index (χ0v) is 13.6. The third kappa shape index (κ3) is 6.14. The molecule has 0 bridgehead atoms. The number of nitrogens with zero attached hydrogens (tertiary/aromatic N) is 1. The number of benzene rings is 1. The number of hydrogen-bond acceptors (Lipinski definition) is 1. The third-order valence-corrected chi connectivity index (χ3v) is 3.00. The fourth-order valence-corrected chi connectivity index (χ4v) is 2.08. The largest absolute Gasteiger partial charge is 2.00 e. The zero-order chi connectivity index (χ0) is 14.2. The van der Waals surface area contributed by atoms with Crippen molar-refractivity contribution in [2.75, 3.05) is 14.1 Å². The van der Waals surface area contributed by atoms with Crippen LogP contribution in [0.4, 0.5) is 0 Å².